The Morgan fingerprint density at radius 2 is 1.65 bits per heavy atom. The van der Waals surface area contributed by atoms with Crippen LogP contribution in [-0.4, -0.2) is 5.33 Å². The molecule has 84 valence electrons. The molecule has 17 heavy (non-hydrogen) atoms. The molecule has 0 bridgehead atoms. The summed E-state index contributed by atoms with van der Waals surface area (Å²) < 4.78 is 0. The van der Waals surface area contributed by atoms with Gasteiger partial charge in [0, 0.05) is 17.3 Å². The van der Waals surface area contributed by atoms with Gasteiger partial charge in [-0.2, -0.15) is 0 Å². The SMILES string of the molecule is BrCCC#Cc1cccc(-c2ccccc2)c1. The average Bonchev–Trinajstić information content (AvgIpc) is 2.41. The van der Waals surface area contributed by atoms with Crippen molar-refractivity contribution >= 4 is 15.9 Å². The molecule has 2 aromatic carbocycles. The maximum atomic E-state index is 3.37. The Hall–Kier alpha value is -1.52. The zero-order valence-corrected chi connectivity index (χ0v) is 11.1. The summed E-state index contributed by atoms with van der Waals surface area (Å²) in [4.78, 5) is 0. The van der Waals surface area contributed by atoms with Gasteiger partial charge in [0.05, 0.1) is 0 Å². The standard InChI is InChI=1S/C16H13Br/c17-12-5-4-7-14-8-6-11-16(13-14)15-9-2-1-3-10-15/h1-3,6,8-11,13H,5,12H2. The van der Waals surface area contributed by atoms with E-state index in [0.717, 1.165) is 17.3 Å². The van der Waals surface area contributed by atoms with Gasteiger partial charge in [0.25, 0.3) is 0 Å². The highest BCUT2D eigenvalue weighted by atomic mass is 79.9. The summed E-state index contributed by atoms with van der Waals surface area (Å²) in [6.45, 7) is 0. The first-order valence-corrected chi connectivity index (χ1v) is 6.72. The van der Waals surface area contributed by atoms with Crippen LogP contribution in [0.3, 0.4) is 0 Å². The number of hydrogen-bond acceptors (Lipinski definition) is 0. The first-order valence-electron chi connectivity index (χ1n) is 5.60. The number of benzene rings is 2. The van der Waals surface area contributed by atoms with Crippen LogP contribution in [0.5, 0.6) is 0 Å². The third-order valence-corrected chi connectivity index (χ3v) is 2.82. The van der Waals surface area contributed by atoms with Gasteiger partial charge in [-0.1, -0.05) is 70.2 Å². The van der Waals surface area contributed by atoms with E-state index in [9.17, 15) is 0 Å². The van der Waals surface area contributed by atoms with E-state index in [4.69, 9.17) is 0 Å². The first-order chi connectivity index (χ1) is 8.40. The van der Waals surface area contributed by atoms with Crippen molar-refractivity contribution in [3.63, 3.8) is 0 Å². The number of rotatable bonds is 2. The minimum absolute atomic E-state index is 0.884. The van der Waals surface area contributed by atoms with Crippen molar-refractivity contribution in [3.05, 3.63) is 60.2 Å². The molecular weight excluding hydrogens is 272 g/mol. The molecule has 1 heteroatoms. The van der Waals surface area contributed by atoms with E-state index in [1.165, 1.54) is 11.1 Å². The molecule has 0 saturated carbocycles. The second-order valence-corrected chi connectivity index (χ2v) is 4.48. The predicted molar refractivity (Wildman–Crippen MR) is 77.2 cm³/mol. The lowest BCUT2D eigenvalue weighted by atomic mass is 10.0. The first kappa shape index (κ1) is 12.0. The van der Waals surface area contributed by atoms with Gasteiger partial charge in [0.15, 0.2) is 0 Å². The molecule has 0 aliphatic heterocycles. The molecule has 2 aromatic rings. The van der Waals surface area contributed by atoms with Crippen LogP contribution in [-0.2, 0) is 0 Å². The molecule has 0 N–H and O–H groups in total. The van der Waals surface area contributed by atoms with Crippen molar-refractivity contribution in [2.75, 3.05) is 5.33 Å². The molecule has 0 unspecified atom stereocenters. The van der Waals surface area contributed by atoms with Crippen LogP contribution in [0.1, 0.15) is 12.0 Å². The van der Waals surface area contributed by atoms with E-state index in [1.807, 2.05) is 12.1 Å². The highest BCUT2D eigenvalue weighted by Gasteiger charge is 1.96. The normalized spacial score (nSPS) is 9.47. The molecular formula is C16H13Br. The Kier molecular flexibility index (Phi) is 4.41. The minimum Gasteiger partial charge on any atom is -0.0970 e. The fourth-order valence-electron chi connectivity index (χ4n) is 1.62. The molecule has 0 radical (unpaired) electrons. The van der Waals surface area contributed by atoms with Crippen LogP contribution in [0.2, 0.25) is 0 Å². The topological polar surface area (TPSA) is 0 Å². The van der Waals surface area contributed by atoms with Gasteiger partial charge in [0.1, 0.15) is 0 Å². The third-order valence-electron chi connectivity index (χ3n) is 2.42. The van der Waals surface area contributed by atoms with Gasteiger partial charge in [-0.05, 0) is 23.3 Å². The quantitative estimate of drug-likeness (QED) is 0.563. The molecule has 2 rings (SSSR count). The van der Waals surface area contributed by atoms with Crippen LogP contribution >= 0.6 is 15.9 Å². The fraction of sp³-hybridized carbons (Fsp3) is 0.125. The molecule has 0 heterocycles. The summed E-state index contributed by atoms with van der Waals surface area (Å²) in [6.07, 6.45) is 0.884. The zero-order valence-electron chi connectivity index (χ0n) is 9.49. The lowest BCUT2D eigenvalue weighted by molar-refractivity contribution is 1.32. The Balaban J connectivity index is 2.27. The summed E-state index contributed by atoms with van der Waals surface area (Å²) in [5, 5.41) is 0.929. The van der Waals surface area contributed by atoms with Crippen LogP contribution < -0.4 is 0 Å². The number of halogens is 1. The summed E-state index contributed by atoms with van der Waals surface area (Å²) in [6, 6.07) is 18.7. The van der Waals surface area contributed by atoms with E-state index in [-0.39, 0.29) is 0 Å². The maximum Gasteiger partial charge on any atom is 0.0251 e. The molecule has 0 aromatic heterocycles. The van der Waals surface area contributed by atoms with E-state index in [0.29, 0.717) is 0 Å². The molecule has 0 saturated heterocycles. The van der Waals surface area contributed by atoms with Crippen molar-refractivity contribution in [3.8, 4) is 23.0 Å². The third kappa shape index (κ3) is 3.47. The summed E-state index contributed by atoms with van der Waals surface area (Å²) >= 11 is 3.37. The van der Waals surface area contributed by atoms with E-state index in [2.05, 4.69) is 70.2 Å². The van der Waals surface area contributed by atoms with Gasteiger partial charge in [-0.3, -0.25) is 0 Å². The molecule has 0 atom stereocenters. The van der Waals surface area contributed by atoms with Gasteiger partial charge in [-0.15, -0.1) is 0 Å². The van der Waals surface area contributed by atoms with Crippen molar-refractivity contribution in [2.45, 2.75) is 6.42 Å². The Morgan fingerprint density at radius 1 is 0.882 bits per heavy atom. The molecule has 0 aliphatic carbocycles. The summed E-state index contributed by atoms with van der Waals surface area (Å²) in [5.41, 5.74) is 3.53. The average molecular weight is 285 g/mol. The van der Waals surface area contributed by atoms with Gasteiger partial charge in [0.2, 0.25) is 0 Å². The second-order valence-electron chi connectivity index (χ2n) is 3.69. The molecule has 0 amide bonds. The van der Waals surface area contributed by atoms with Crippen molar-refractivity contribution in [1.82, 2.24) is 0 Å². The predicted octanol–water partition coefficient (Wildman–Crippen LogP) is 4.49. The zero-order chi connectivity index (χ0) is 11.9. The number of hydrogen-bond donors (Lipinski definition) is 0. The Bertz CT molecular complexity index is 532. The summed E-state index contributed by atoms with van der Waals surface area (Å²) in [7, 11) is 0. The lowest BCUT2D eigenvalue weighted by Crippen LogP contribution is -1.79. The highest BCUT2D eigenvalue weighted by molar-refractivity contribution is 9.09. The van der Waals surface area contributed by atoms with Crippen LogP contribution in [0, 0.1) is 11.8 Å². The number of alkyl halides is 1. The highest BCUT2D eigenvalue weighted by Crippen LogP contribution is 2.19. The van der Waals surface area contributed by atoms with Gasteiger partial charge < -0.3 is 0 Å². The molecule has 0 aliphatic rings. The smallest absolute Gasteiger partial charge is 0.0251 e. The van der Waals surface area contributed by atoms with Crippen LogP contribution in [0.15, 0.2) is 54.6 Å². The molecule has 0 spiro atoms. The monoisotopic (exact) mass is 284 g/mol. The van der Waals surface area contributed by atoms with Crippen LogP contribution in [0.4, 0.5) is 0 Å². The Morgan fingerprint density at radius 3 is 2.41 bits per heavy atom. The minimum atomic E-state index is 0.884. The van der Waals surface area contributed by atoms with E-state index >= 15 is 0 Å². The van der Waals surface area contributed by atoms with Crippen LogP contribution in [0.25, 0.3) is 11.1 Å². The lowest BCUT2D eigenvalue weighted by Gasteiger charge is -2.01. The van der Waals surface area contributed by atoms with Crippen molar-refractivity contribution in [2.24, 2.45) is 0 Å². The Labute approximate surface area is 111 Å². The van der Waals surface area contributed by atoms with E-state index in [1.54, 1.807) is 0 Å². The molecule has 0 nitrogen and oxygen atoms in total. The fourth-order valence-corrected chi connectivity index (χ4v) is 1.82. The van der Waals surface area contributed by atoms with E-state index < -0.39 is 0 Å². The van der Waals surface area contributed by atoms with Crippen molar-refractivity contribution < 1.29 is 0 Å². The van der Waals surface area contributed by atoms with Crippen molar-refractivity contribution in [1.29, 1.82) is 0 Å². The maximum absolute atomic E-state index is 3.37. The molecule has 0 fully saturated rings. The largest absolute Gasteiger partial charge is 0.0970 e. The second kappa shape index (κ2) is 6.27. The van der Waals surface area contributed by atoms with Gasteiger partial charge in [-0.25, -0.2) is 0 Å². The van der Waals surface area contributed by atoms with Gasteiger partial charge >= 0.3 is 0 Å². The summed E-state index contributed by atoms with van der Waals surface area (Å²) in [5.74, 6) is 6.31.